The molecular weight excluding hydrogens is 895 g/mol. The van der Waals surface area contributed by atoms with Crippen LogP contribution in [0.25, 0.3) is 0 Å². The van der Waals surface area contributed by atoms with Gasteiger partial charge in [-0.05, 0) is 82.2 Å². The summed E-state index contributed by atoms with van der Waals surface area (Å²) >= 11 is 0. The predicted molar refractivity (Wildman–Crippen MR) is 292 cm³/mol. The highest BCUT2D eigenvalue weighted by atomic mass is 19.3. The number of alkyl halides is 2. The van der Waals surface area contributed by atoms with E-state index >= 15 is 0 Å². The Labute approximate surface area is 427 Å². The minimum absolute atomic E-state index is 0.0561. The number of hydrogen-bond donors (Lipinski definition) is 1. The maximum atomic E-state index is 11.8. The molecule has 0 unspecified atom stereocenters. The summed E-state index contributed by atoms with van der Waals surface area (Å²) in [5.41, 5.74) is 3.11. The first kappa shape index (κ1) is 77.0. The van der Waals surface area contributed by atoms with E-state index in [2.05, 4.69) is 63.3 Å². The van der Waals surface area contributed by atoms with E-state index in [0.717, 1.165) is 109 Å². The fourth-order valence-electron chi connectivity index (χ4n) is 4.55. The lowest BCUT2D eigenvalue weighted by atomic mass is 10.2. The van der Waals surface area contributed by atoms with Crippen LogP contribution in [0.1, 0.15) is 193 Å². The first-order valence-corrected chi connectivity index (χ1v) is 25.8. The van der Waals surface area contributed by atoms with Gasteiger partial charge < -0.3 is 34.2 Å². The largest absolute Gasteiger partial charge is 0.466 e. The molecule has 70 heavy (non-hydrogen) atoms. The van der Waals surface area contributed by atoms with Crippen molar-refractivity contribution in [2.24, 2.45) is 0 Å². The monoisotopic (exact) mass is 999 g/mol. The van der Waals surface area contributed by atoms with Crippen molar-refractivity contribution in [1.29, 1.82) is 0 Å². The normalized spacial score (nSPS) is 9.54. The zero-order valence-electron chi connectivity index (χ0n) is 47.7. The molecule has 0 fully saturated rings. The molecule has 12 nitrogen and oxygen atoms in total. The maximum Gasteiger partial charge on any atom is 0.352 e. The first-order valence-electron chi connectivity index (χ1n) is 25.8. The van der Waals surface area contributed by atoms with E-state index in [-0.39, 0.29) is 36.2 Å². The SMILES string of the molecule is CC(=O)N(C)c1cccc(C)c1.CCC.CCCCN(C(C)=O)c1ccccc1.CCCCN(C)C(C)=O.CCCCNC(C)=O.CCCCOC(C)(F)F.CCCCOC(C)=O.CCCCOCC. The highest BCUT2D eigenvalue weighted by Gasteiger charge is 2.20. The Morgan fingerprint density at radius 3 is 1.46 bits per heavy atom. The fraction of sp³-hybridized carbons (Fsp3) is 0.696. The molecule has 0 bridgehead atoms. The molecule has 0 saturated heterocycles. The van der Waals surface area contributed by atoms with E-state index in [1.165, 1.54) is 38.7 Å². The minimum atomic E-state index is -2.95. The molecule has 0 spiro atoms. The second-order valence-corrected chi connectivity index (χ2v) is 16.4. The summed E-state index contributed by atoms with van der Waals surface area (Å²) in [6, 6.07) is 17.7. The fourth-order valence-corrected chi connectivity index (χ4v) is 4.55. The van der Waals surface area contributed by atoms with Crippen LogP contribution in [-0.4, -0.2) is 101 Å². The number of hydrogen-bond acceptors (Lipinski definition) is 8. The third-order valence-corrected chi connectivity index (χ3v) is 8.84. The molecule has 2 aromatic carbocycles. The van der Waals surface area contributed by atoms with Crippen molar-refractivity contribution in [2.45, 2.75) is 200 Å². The summed E-state index contributed by atoms with van der Waals surface area (Å²) in [6.07, 6.45) is 11.0. The van der Waals surface area contributed by atoms with E-state index in [1.807, 2.05) is 87.3 Å². The molecule has 0 aliphatic carbocycles. The maximum absolute atomic E-state index is 11.8. The topological polar surface area (TPSA) is 135 Å². The van der Waals surface area contributed by atoms with Crippen LogP contribution < -0.4 is 15.1 Å². The number of carbonyl (C=O) groups is 5. The molecule has 14 heteroatoms. The van der Waals surface area contributed by atoms with Crippen LogP contribution >= 0.6 is 0 Å². The Balaban J connectivity index is -0.000000171. The van der Waals surface area contributed by atoms with Gasteiger partial charge in [-0.3, -0.25) is 24.0 Å². The molecule has 0 radical (unpaired) electrons. The lowest BCUT2D eigenvalue weighted by Crippen LogP contribution is -2.29. The summed E-state index contributed by atoms with van der Waals surface area (Å²) in [5, 5.41) is 2.71. The van der Waals surface area contributed by atoms with Crippen LogP contribution in [0, 0.1) is 6.92 Å². The number of halogens is 2. The highest BCUT2D eigenvalue weighted by Crippen LogP contribution is 2.15. The highest BCUT2D eigenvalue weighted by molar-refractivity contribution is 5.91. The average Bonchev–Trinajstić information content (AvgIpc) is 3.30. The zero-order valence-corrected chi connectivity index (χ0v) is 47.7. The Morgan fingerprint density at radius 1 is 0.586 bits per heavy atom. The van der Waals surface area contributed by atoms with E-state index < -0.39 is 6.11 Å². The standard InChI is InChI=1S/C12H17NO.C10H13NO.C7H15NO.C6H12F2O.C6H13NO.C6H12O2.C6H14O.C3H8/c1-3-4-10-13(11(2)14)12-8-6-5-7-9-12;1-8-5-4-6-10(7-8)11(3)9(2)12;1-4-5-6-8(3)7(2)9;1-3-4-5-9-6(2,7)8;1-3-4-5-7-6(2)8;1-3-4-5-8-6(2)7;1-3-5-6-7-4-2;1-3-2/h5-9H,3-4,10H2,1-2H3;4-7H,1-3H3;4-6H2,1-3H3;3-5H2,1-2H3;3-5H2,1-2H3,(H,7,8);3-5H2,1-2H3;3-6H2,1-2H3;3H2,1-2H3. The smallest absolute Gasteiger partial charge is 0.352 e. The van der Waals surface area contributed by atoms with E-state index in [1.54, 1.807) is 37.6 Å². The zero-order chi connectivity index (χ0) is 55.2. The molecule has 410 valence electrons. The second kappa shape index (κ2) is 57.2. The lowest BCUT2D eigenvalue weighted by molar-refractivity contribution is -0.224. The van der Waals surface area contributed by atoms with E-state index in [9.17, 15) is 32.8 Å². The van der Waals surface area contributed by atoms with Gasteiger partial charge in [-0.2, -0.15) is 8.78 Å². The third kappa shape index (κ3) is 65.7. The van der Waals surface area contributed by atoms with Crippen molar-refractivity contribution in [3.63, 3.8) is 0 Å². The average molecular weight is 999 g/mol. The van der Waals surface area contributed by atoms with Gasteiger partial charge >= 0.3 is 12.1 Å². The van der Waals surface area contributed by atoms with Crippen LogP contribution in [-0.2, 0) is 38.2 Å². The molecule has 2 aromatic rings. The van der Waals surface area contributed by atoms with Crippen LogP contribution in [0.15, 0.2) is 54.6 Å². The van der Waals surface area contributed by atoms with Gasteiger partial charge in [0, 0.05) is 99.9 Å². The summed E-state index contributed by atoms with van der Waals surface area (Å²) in [6.45, 7) is 34.3. The molecule has 4 amide bonds. The third-order valence-electron chi connectivity index (χ3n) is 8.84. The number of rotatable bonds is 22. The van der Waals surface area contributed by atoms with Gasteiger partial charge in [0.1, 0.15) is 0 Å². The molecule has 0 atom stereocenters. The number of amides is 4. The van der Waals surface area contributed by atoms with Crippen molar-refractivity contribution in [2.75, 3.05) is 70.0 Å². The summed E-state index contributed by atoms with van der Waals surface area (Å²) in [5.74, 6) is 0.214. The number of unbranched alkanes of at least 4 members (excludes halogenated alkanes) is 6. The second-order valence-electron chi connectivity index (χ2n) is 16.4. The number of para-hydroxylation sites is 1. The molecule has 0 saturated carbocycles. The number of nitrogens with one attached hydrogen (secondary N) is 1. The molecule has 0 aliphatic heterocycles. The Hall–Kier alpha value is -4.43. The minimum Gasteiger partial charge on any atom is -0.466 e. The van der Waals surface area contributed by atoms with Crippen LogP contribution in [0.3, 0.4) is 0 Å². The van der Waals surface area contributed by atoms with E-state index in [4.69, 9.17) is 4.74 Å². The van der Waals surface area contributed by atoms with E-state index in [0.29, 0.717) is 13.0 Å². The molecular formula is C56H104F2N4O8. The Morgan fingerprint density at radius 2 is 1.06 bits per heavy atom. The molecule has 1 N–H and O–H groups in total. The number of aryl methyl sites for hydroxylation is 1. The van der Waals surface area contributed by atoms with Crippen LogP contribution in [0.4, 0.5) is 20.2 Å². The number of anilines is 2. The van der Waals surface area contributed by atoms with Crippen molar-refractivity contribution in [1.82, 2.24) is 10.2 Å². The van der Waals surface area contributed by atoms with Crippen molar-refractivity contribution in [3.8, 4) is 0 Å². The number of nitrogens with zero attached hydrogens (tertiary/aromatic N) is 3. The quantitative estimate of drug-likeness (QED) is 0.0910. The molecule has 0 aliphatic rings. The van der Waals surface area contributed by atoms with Gasteiger partial charge in [0.2, 0.25) is 23.6 Å². The van der Waals surface area contributed by atoms with Gasteiger partial charge in [0.05, 0.1) is 13.2 Å². The van der Waals surface area contributed by atoms with Crippen molar-refractivity contribution in [3.05, 3.63) is 60.2 Å². The Bertz CT molecular complexity index is 1460. The summed E-state index contributed by atoms with van der Waals surface area (Å²) in [4.78, 5) is 58.4. The van der Waals surface area contributed by atoms with Crippen LogP contribution in [0.5, 0.6) is 0 Å². The van der Waals surface area contributed by atoms with Gasteiger partial charge in [-0.15, -0.1) is 0 Å². The number of ether oxygens (including phenoxy) is 3. The lowest BCUT2D eigenvalue weighted by Gasteiger charge is -2.20. The summed E-state index contributed by atoms with van der Waals surface area (Å²) in [7, 11) is 3.61. The van der Waals surface area contributed by atoms with Gasteiger partial charge in [0.15, 0.2) is 0 Å². The summed E-state index contributed by atoms with van der Waals surface area (Å²) < 4.78 is 37.5. The molecule has 2 rings (SSSR count). The Kier molecular flexibility index (Phi) is 62.9. The first-order chi connectivity index (χ1) is 33.0. The number of esters is 1. The molecule has 0 aromatic heterocycles. The van der Waals surface area contributed by atoms with Gasteiger partial charge in [0.25, 0.3) is 0 Å². The van der Waals surface area contributed by atoms with Crippen LogP contribution in [0.2, 0.25) is 0 Å². The van der Waals surface area contributed by atoms with Gasteiger partial charge in [-0.25, -0.2) is 0 Å². The number of benzene rings is 2. The predicted octanol–water partition coefficient (Wildman–Crippen LogP) is 14.0. The number of carbonyl (C=O) groups excluding carboxylic acids is 5. The van der Waals surface area contributed by atoms with Gasteiger partial charge in [-0.1, -0.05) is 131 Å². The van der Waals surface area contributed by atoms with Crippen molar-refractivity contribution < 1.29 is 47.0 Å². The van der Waals surface area contributed by atoms with Crippen molar-refractivity contribution >= 4 is 41.0 Å². The molecule has 0 heterocycles.